The largest absolute Gasteiger partial charge is 0.492 e. The van der Waals surface area contributed by atoms with Crippen LogP contribution in [0.2, 0.25) is 5.02 Å². The van der Waals surface area contributed by atoms with E-state index >= 15 is 0 Å². The van der Waals surface area contributed by atoms with E-state index in [0.29, 0.717) is 11.4 Å². The number of hydrogen-bond donors (Lipinski definition) is 2. The molecule has 3 N–H and O–H groups in total. The van der Waals surface area contributed by atoms with Crippen LogP contribution in [0.5, 0.6) is 5.75 Å². The Morgan fingerprint density at radius 2 is 1.95 bits per heavy atom. The van der Waals surface area contributed by atoms with E-state index < -0.39 is 11.7 Å². The van der Waals surface area contributed by atoms with Crippen LogP contribution in [0.3, 0.4) is 0 Å². The van der Waals surface area contributed by atoms with E-state index in [2.05, 4.69) is 5.32 Å². The van der Waals surface area contributed by atoms with Crippen molar-refractivity contribution in [3.63, 3.8) is 0 Å². The van der Waals surface area contributed by atoms with E-state index in [1.807, 2.05) is 0 Å². The Labute approximate surface area is 126 Å². The van der Waals surface area contributed by atoms with E-state index in [-0.39, 0.29) is 23.7 Å². The molecular weight excluding hydrogens is 295 g/mol. The summed E-state index contributed by atoms with van der Waals surface area (Å²) in [6.45, 7) is 0.524. The number of benzene rings is 2. The first-order chi connectivity index (χ1) is 10.1. The molecule has 0 spiro atoms. The fraction of sp³-hybridized carbons (Fsp3) is 0.133. The predicted molar refractivity (Wildman–Crippen MR) is 80.1 cm³/mol. The minimum atomic E-state index is -0.653. The highest BCUT2D eigenvalue weighted by molar-refractivity contribution is 6.30. The Morgan fingerprint density at radius 3 is 2.62 bits per heavy atom. The number of nitrogens with one attached hydrogen (secondary N) is 1. The quantitative estimate of drug-likeness (QED) is 0.659. The van der Waals surface area contributed by atoms with E-state index in [0.717, 1.165) is 6.07 Å². The molecule has 0 radical (unpaired) electrons. The van der Waals surface area contributed by atoms with Crippen LogP contribution in [-0.2, 0) is 0 Å². The van der Waals surface area contributed by atoms with Crippen molar-refractivity contribution in [2.45, 2.75) is 0 Å². The number of amides is 1. The molecule has 0 saturated carbocycles. The summed E-state index contributed by atoms with van der Waals surface area (Å²) in [6, 6.07) is 10.8. The molecule has 6 heteroatoms. The highest BCUT2D eigenvalue weighted by Gasteiger charge is 2.11. The van der Waals surface area contributed by atoms with Crippen molar-refractivity contribution in [2.24, 2.45) is 0 Å². The maximum Gasteiger partial charge on any atom is 0.254 e. The van der Waals surface area contributed by atoms with Gasteiger partial charge in [0.2, 0.25) is 0 Å². The number of nitrogen functional groups attached to an aromatic ring is 1. The summed E-state index contributed by atoms with van der Waals surface area (Å²) in [4.78, 5) is 11.8. The molecule has 1 amide bonds. The Kier molecular flexibility index (Phi) is 5.00. The molecule has 0 bridgehead atoms. The normalized spacial score (nSPS) is 10.2. The first-order valence-electron chi connectivity index (χ1n) is 6.28. The van der Waals surface area contributed by atoms with E-state index in [9.17, 15) is 9.18 Å². The number of rotatable bonds is 5. The molecule has 21 heavy (non-hydrogen) atoms. The van der Waals surface area contributed by atoms with Crippen LogP contribution in [-0.4, -0.2) is 19.1 Å². The molecule has 4 nitrogen and oxygen atoms in total. The maximum atomic E-state index is 13.5. The third kappa shape index (κ3) is 4.36. The zero-order valence-corrected chi connectivity index (χ0v) is 11.9. The second-order valence-electron chi connectivity index (χ2n) is 4.30. The van der Waals surface area contributed by atoms with Crippen molar-refractivity contribution in [1.82, 2.24) is 5.32 Å². The molecule has 2 aromatic rings. The summed E-state index contributed by atoms with van der Waals surface area (Å²) >= 11 is 5.63. The second kappa shape index (κ2) is 6.95. The molecule has 0 unspecified atom stereocenters. The molecule has 2 rings (SSSR count). The van der Waals surface area contributed by atoms with Gasteiger partial charge in [0.25, 0.3) is 5.91 Å². The summed E-state index contributed by atoms with van der Waals surface area (Å²) in [6.07, 6.45) is 0. The summed E-state index contributed by atoms with van der Waals surface area (Å²) in [5.74, 6) is -0.513. The van der Waals surface area contributed by atoms with Crippen LogP contribution in [0.15, 0.2) is 42.5 Å². The summed E-state index contributed by atoms with van der Waals surface area (Å²) < 4.78 is 18.9. The molecule has 110 valence electrons. The van der Waals surface area contributed by atoms with Gasteiger partial charge < -0.3 is 15.8 Å². The SMILES string of the molecule is Nc1ccc(OCCNC(=O)c2ccc(Cl)cc2F)cc1. The Hall–Kier alpha value is -2.27. The molecule has 0 heterocycles. The highest BCUT2D eigenvalue weighted by Crippen LogP contribution is 2.14. The first-order valence-corrected chi connectivity index (χ1v) is 6.65. The lowest BCUT2D eigenvalue weighted by Gasteiger charge is -2.08. The molecular formula is C15H14ClFN2O2. The number of nitrogens with two attached hydrogens (primary N) is 1. The first kappa shape index (κ1) is 15.1. The van der Waals surface area contributed by atoms with Crippen molar-refractivity contribution in [3.05, 3.63) is 58.9 Å². The molecule has 0 aliphatic rings. The van der Waals surface area contributed by atoms with Gasteiger partial charge in [-0.25, -0.2) is 4.39 Å². The summed E-state index contributed by atoms with van der Waals surface area (Å²) in [5.41, 5.74) is 6.15. The molecule has 0 aliphatic heterocycles. The van der Waals surface area contributed by atoms with Gasteiger partial charge in [0.1, 0.15) is 18.2 Å². The van der Waals surface area contributed by atoms with Gasteiger partial charge in [-0.05, 0) is 42.5 Å². The van der Waals surface area contributed by atoms with Crippen LogP contribution in [0.4, 0.5) is 10.1 Å². The topological polar surface area (TPSA) is 64.3 Å². The van der Waals surface area contributed by atoms with Gasteiger partial charge in [0.05, 0.1) is 12.1 Å². The molecule has 0 aliphatic carbocycles. The molecule has 0 saturated heterocycles. The lowest BCUT2D eigenvalue weighted by atomic mass is 10.2. The van der Waals surface area contributed by atoms with Crippen molar-refractivity contribution < 1.29 is 13.9 Å². The minimum Gasteiger partial charge on any atom is -0.492 e. The molecule has 0 atom stereocenters. The van der Waals surface area contributed by atoms with Crippen LogP contribution < -0.4 is 15.8 Å². The Morgan fingerprint density at radius 1 is 1.24 bits per heavy atom. The lowest BCUT2D eigenvalue weighted by Crippen LogP contribution is -2.28. The monoisotopic (exact) mass is 308 g/mol. The zero-order valence-electron chi connectivity index (χ0n) is 11.1. The molecule has 2 aromatic carbocycles. The van der Waals surface area contributed by atoms with Crippen molar-refractivity contribution >= 4 is 23.2 Å². The summed E-state index contributed by atoms with van der Waals surface area (Å²) in [7, 11) is 0. The average molecular weight is 309 g/mol. The van der Waals surface area contributed by atoms with Gasteiger partial charge in [-0.2, -0.15) is 0 Å². The lowest BCUT2D eigenvalue weighted by molar-refractivity contribution is 0.0943. The maximum absolute atomic E-state index is 13.5. The fourth-order valence-electron chi connectivity index (χ4n) is 1.67. The zero-order chi connectivity index (χ0) is 15.2. The van der Waals surface area contributed by atoms with E-state index in [1.165, 1.54) is 12.1 Å². The number of anilines is 1. The standard InChI is InChI=1S/C15H14ClFN2O2/c16-10-1-6-13(14(17)9-10)15(20)19-7-8-21-12-4-2-11(18)3-5-12/h1-6,9H,7-8,18H2,(H,19,20). The smallest absolute Gasteiger partial charge is 0.254 e. The second-order valence-corrected chi connectivity index (χ2v) is 4.73. The van der Waals surface area contributed by atoms with E-state index in [4.69, 9.17) is 22.1 Å². The molecule has 0 fully saturated rings. The van der Waals surface area contributed by atoms with Gasteiger partial charge in [0, 0.05) is 10.7 Å². The van der Waals surface area contributed by atoms with Crippen LogP contribution >= 0.6 is 11.6 Å². The third-order valence-corrected chi connectivity index (χ3v) is 2.95. The highest BCUT2D eigenvalue weighted by atomic mass is 35.5. The number of hydrogen-bond acceptors (Lipinski definition) is 3. The number of halogens is 2. The number of carbonyl (C=O) groups is 1. The van der Waals surface area contributed by atoms with Crippen molar-refractivity contribution in [3.8, 4) is 5.75 Å². The van der Waals surface area contributed by atoms with Crippen LogP contribution in [0, 0.1) is 5.82 Å². The van der Waals surface area contributed by atoms with Gasteiger partial charge in [-0.15, -0.1) is 0 Å². The third-order valence-electron chi connectivity index (χ3n) is 2.71. The van der Waals surface area contributed by atoms with Gasteiger partial charge >= 0.3 is 0 Å². The van der Waals surface area contributed by atoms with E-state index in [1.54, 1.807) is 24.3 Å². The Bertz CT molecular complexity index is 632. The van der Waals surface area contributed by atoms with Gasteiger partial charge in [-0.3, -0.25) is 4.79 Å². The van der Waals surface area contributed by atoms with Crippen LogP contribution in [0.25, 0.3) is 0 Å². The van der Waals surface area contributed by atoms with Crippen molar-refractivity contribution in [2.75, 3.05) is 18.9 Å². The van der Waals surface area contributed by atoms with Gasteiger partial charge in [-0.1, -0.05) is 11.6 Å². The number of carbonyl (C=O) groups excluding carboxylic acids is 1. The Balaban J connectivity index is 1.80. The summed E-state index contributed by atoms with van der Waals surface area (Å²) in [5, 5.41) is 2.82. The molecule has 0 aromatic heterocycles. The van der Waals surface area contributed by atoms with Crippen molar-refractivity contribution in [1.29, 1.82) is 0 Å². The number of ether oxygens (including phenoxy) is 1. The fourth-order valence-corrected chi connectivity index (χ4v) is 1.83. The van der Waals surface area contributed by atoms with Gasteiger partial charge in [0.15, 0.2) is 0 Å². The average Bonchev–Trinajstić information content (AvgIpc) is 2.45. The minimum absolute atomic E-state index is 0.0492. The predicted octanol–water partition coefficient (Wildman–Crippen LogP) is 2.87. The van der Waals surface area contributed by atoms with Crippen LogP contribution in [0.1, 0.15) is 10.4 Å².